The number of hydrogen-bond acceptors (Lipinski definition) is 3. The van der Waals surface area contributed by atoms with Gasteiger partial charge < -0.3 is 4.74 Å². The van der Waals surface area contributed by atoms with E-state index in [1.807, 2.05) is 0 Å². The SMILES string of the molecule is C=CC/C(C(=O)OC)=C1/CCCCS1=O. The molecule has 0 bridgehead atoms. The summed E-state index contributed by atoms with van der Waals surface area (Å²) in [5.41, 5.74) is 0.533. The molecule has 0 aromatic heterocycles. The highest BCUT2D eigenvalue weighted by molar-refractivity contribution is 7.89. The van der Waals surface area contributed by atoms with Gasteiger partial charge in [-0.3, -0.25) is 4.21 Å². The predicted octanol–water partition coefficient (Wildman–Crippen LogP) is 1.92. The Bertz CT molecular complexity index is 318. The molecule has 0 saturated carbocycles. The third-order valence-corrected chi connectivity index (χ3v) is 4.03. The van der Waals surface area contributed by atoms with Crippen LogP contribution in [0.3, 0.4) is 0 Å². The van der Waals surface area contributed by atoms with E-state index in [0.29, 0.717) is 17.7 Å². The molecular weight excluding hydrogens is 212 g/mol. The maximum atomic E-state index is 11.7. The summed E-state index contributed by atoms with van der Waals surface area (Å²) in [5, 5.41) is 0. The van der Waals surface area contributed by atoms with E-state index in [9.17, 15) is 9.00 Å². The first kappa shape index (κ1) is 12.2. The van der Waals surface area contributed by atoms with E-state index in [1.165, 1.54) is 7.11 Å². The molecule has 0 aromatic rings. The van der Waals surface area contributed by atoms with Crippen molar-refractivity contribution < 1.29 is 13.7 Å². The molecule has 1 heterocycles. The molecule has 0 amide bonds. The molecule has 0 radical (unpaired) electrons. The summed E-state index contributed by atoms with van der Waals surface area (Å²) >= 11 is 0. The smallest absolute Gasteiger partial charge is 0.334 e. The number of ether oxygens (including phenoxy) is 1. The number of rotatable bonds is 3. The van der Waals surface area contributed by atoms with Gasteiger partial charge in [-0.1, -0.05) is 6.08 Å². The molecule has 1 unspecified atom stereocenters. The van der Waals surface area contributed by atoms with Gasteiger partial charge >= 0.3 is 5.97 Å². The summed E-state index contributed by atoms with van der Waals surface area (Å²) in [6.45, 7) is 3.60. The van der Waals surface area contributed by atoms with Crippen LogP contribution in [0, 0.1) is 0 Å². The molecular formula is C11H16O3S. The molecule has 0 aromatic carbocycles. The third-order valence-electron chi connectivity index (χ3n) is 2.38. The Kier molecular flexibility index (Phi) is 4.75. The lowest BCUT2D eigenvalue weighted by Gasteiger charge is -2.16. The van der Waals surface area contributed by atoms with Gasteiger partial charge in [-0.05, 0) is 25.7 Å². The van der Waals surface area contributed by atoms with Crippen molar-refractivity contribution in [1.82, 2.24) is 0 Å². The van der Waals surface area contributed by atoms with Crippen LogP contribution in [-0.2, 0) is 20.3 Å². The molecule has 1 rings (SSSR count). The Morgan fingerprint density at radius 1 is 1.60 bits per heavy atom. The first-order valence-electron chi connectivity index (χ1n) is 5.00. The van der Waals surface area contributed by atoms with Crippen LogP contribution in [0.2, 0.25) is 0 Å². The van der Waals surface area contributed by atoms with Crippen molar-refractivity contribution in [2.75, 3.05) is 12.9 Å². The van der Waals surface area contributed by atoms with E-state index >= 15 is 0 Å². The normalized spacial score (nSPS) is 24.5. The fraction of sp³-hybridized carbons (Fsp3) is 0.545. The number of carbonyl (C=O) groups excluding carboxylic acids is 1. The van der Waals surface area contributed by atoms with Crippen LogP contribution < -0.4 is 0 Å². The van der Waals surface area contributed by atoms with E-state index in [4.69, 9.17) is 0 Å². The van der Waals surface area contributed by atoms with Crippen molar-refractivity contribution >= 4 is 16.8 Å². The Labute approximate surface area is 92.7 Å². The lowest BCUT2D eigenvalue weighted by Crippen LogP contribution is -2.15. The van der Waals surface area contributed by atoms with Gasteiger partial charge in [0.15, 0.2) is 0 Å². The molecule has 3 nitrogen and oxygen atoms in total. The number of hydrogen-bond donors (Lipinski definition) is 0. The van der Waals surface area contributed by atoms with Crippen LogP contribution in [0.4, 0.5) is 0 Å². The summed E-state index contributed by atoms with van der Waals surface area (Å²) < 4.78 is 16.4. The number of carbonyl (C=O) groups is 1. The Hall–Kier alpha value is -0.900. The molecule has 15 heavy (non-hydrogen) atoms. The molecule has 1 atom stereocenters. The zero-order chi connectivity index (χ0) is 11.3. The van der Waals surface area contributed by atoms with Gasteiger partial charge in [-0.25, -0.2) is 4.79 Å². The van der Waals surface area contributed by atoms with Gasteiger partial charge in [-0.15, -0.1) is 6.58 Å². The minimum absolute atomic E-state index is 0.375. The molecule has 4 heteroatoms. The van der Waals surface area contributed by atoms with Crippen LogP contribution in [0.25, 0.3) is 0 Å². The fourth-order valence-electron chi connectivity index (χ4n) is 1.62. The van der Waals surface area contributed by atoms with E-state index in [-0.39, 0.29) is 5.97 Å². The highest BCUT2D eigenvalue weighted by atomic mass is 32.2. The number of esters is 1. The molecule has 0 N–H and O–H groups in total. The van der Waals surface area contributed by atoms with E-state index in [1.54, 1.807) is 6.08 Å². The maximum Gasteiger partial charge on any atom is 0.334 e. The van der Waals surface area contributed by atoms with Crippen molar-refractivity contribution in [1.29, 1.82) is 0 Å². The monoisotopic (exact) mass is 228 g/mol. The van der Waals surface area contributed by atoms with Gasteiger partial charge in [-0.2, -0.15) is 0 Å². The first-order chi connectivity index (χ1) is 7.20. The average molecular weight is 228 g/mol. The van der Waals surface area contributed by atoms with Crippen molar-refractivity contribution in [3.63, 3.8) is 0 Å². The largest absolute Gasteiger partial charge is 0.466 e. The highest BCUT2D eigenvalue weighted by Gasteiger charge is 2.21. The van der Waals surface area contributed by atoms with E-state index in [2.05, 4.69) is 11.3 Å². The summed E-state index contributed by atoms with van der Waals surface area (Å²) in [7, 11) is 0.344. The lowest BCUT2D eigenvalue weighted by molar-refractivity contribution is -0.136. The average Bonchev–Trinajstić information content (AvgIpc) is 2.26. The Morgan fingerprint density at radius 2 is 2.33 bits per heavy atom. The zero-order valence-corrected chi connectivity index (χ0v) is 9.77. The van der Waals surface area contributed by atoms with Crippen LogP contribution in [0.5, 0.6) is 0 Å². The molecule has 1 aliphatic heterocycles. The molecule has 84 valence electrons. The predicted molar refractivity (Wildman–Crippen MR) is 60.7 cm³/mol. The summed E-state index contributed by atoms with van der Waals surface area (Å²) in [6.07, 6.45) is 4.79. The van der Waals surface area contributed by atoms with Gasteiger partial charge in [0.25, 0.3) is 0 Å². The number of allylic oxidation sites excluding steroid dienone is 2. The molecule has 1 fully saturated rings. The Morgan fingerprint density at radius 3 is 2.87 bits per heavy atom. The van der Waals surface area contributed by atoms with Crippen molar-refractivity contribution in [2.45, 2.75) is 25.7 Å². The maximum absolute atomic E-state index is 11.7. The third kappa shape index (κ3) is 3.02. The molecule has 1 aliphatic rings. The molecule has 0 spiro atoms. The minimum atomic E-state index is -1.00. The van der Waals surface area contributed by atoms with Crippen molar-refractivity contribution in [2.24, 2.45) is 0 Å². The summed E-state index contributed by atoms with van der Waals surface area (Å²) in [5.74, 6) is 0.285. The number of methoxy groups -OCH3 is 1. The lowest BCUT2D eigenvalue weighted by atomic mass is 10.1. The second-order valence-corrected chi connectivity index (χ2v) is 4.98. The van der Waals surface area contributed by atoms with Gasteiger partial charge in [0.1, 0.15) is 0 Å². The standard InChI is InChI=1S/C11H16O3S/c1-3-6-9(11(12)14-2)10-7-4-5-8-15(10)13/h3H,1,4-8H2,2H3/b10-9+. The quantitative estimate of drug-likeness (QED) is 0.421. The minimum Gasteiger partial charge on any atom is -0.466 e. The van der Waals surface area contributed by atoms with Crippen LogP contribution in [0.1, 0.15) is 25.7 Å². The van der Waals surface area contributed by atoms with Gasteiger partial charge in [0.05, 0.1) is 12.7 Å². The van der Waals surface area contributed by atoms with Crippen LogP contribution in [0.15, 0.2) is 23.1 Å². The summed E-state index contributed by atoms with van der Waals surface area (Å²) in [6, 6.07) is 0. The first-order valence-corrected chi connectivity index (χ1v) is 6.32. The van der Waals surface area contributed by atoms with Gasteiger partial charge in [0, 0.05) is 21.5 Å². The second kappa shape index (κ2) is 5.85. The van der Waals surface area contributed by atoms with Gasteiger partial charge in [0.2, 0.25) is 0 Å². The summed E-state index contributed by atoms with van der Waals surface area (Å²) in [4.78, 5) is 12.2. The topological polar surface area (TPSA) is 43.4 Å². The van der Waals surface area contributed by atoms with Crippen molar-refractivity contribution in [3.8, 4) is 0 Å². The highest BCUT2D eigenvalue weighted by Crippen LogP contribution is 2.25. The van der Waals surface area contributed by atoms with E-state index in [0.717, 1.165) is 24.2 Å². The molecule has 1 saturated heterocycles. The zero-order valence-electron chi connectivity index (χ0n) is 8.95. The second-order valence-electron chi connectivity index (χ2n) is 3.39. The van der Waals surface area contributed by atoms with Crippen LogP contribution in [-0.4, -0.2) is 23.0 Å². The fourth-order valence-corrected chi connectivity index (χ4v) is 3.15. The van der Waals surface area contributed by atoms with Crippen molar-refractivity contribution in [3.05, 3.63) is 23.1 Å². The Balaban J connectivity index is 3.00. The molecule has 0 aliphatic carbocycles. The van der Waals surface area contributed by atoms with E-state index < -0.39 is 10.8 Å². The van der Waals surface area contributed by atoms with Crippen LogP contribution >= 0.6 is 0 Å².